The van der Waals surface area contributed by atoms with Crippen LogP contribution < -0.4 is 16.0 Å². The molecular weight excluding hydrogens is 444 g/mol. The second kappa shape index (κ2) is 9.49. The van der Waals surface area contributed by atoms with Crippen molar-refractivity contribution < 1.29 is 18.3 Å². The molecule has 3 aromatic rings. The van der Waals surface area contributed by atoms with Crippen LogP contribution in [0, 0.1) is 5.92 Å². The van der Waals surface area contributed by atoms with Crippen molar-refractivity contribution in [1.82, 2.24) is 19.5 Å². The largest absolute Gasteiger partial charge is 0.378 e. The van der Waals surface area contributed by atoms with Gasteiger partial charge in [-0.25, -0.2) is 13.8 Å². The fourth-order valence-electron chi connectivity index (χ4n) is 4.68. The number of benzene rings is 1. The zero-order valence-corrected chi connectivity index (χ0v) is 18.7. The minimum atomic E-state index is -2.77. The predicted molar refractivity (Wildman–Crippen MR) is 123 cm³/mol. The van der Waals surface area contributed by atoms with Crippen molar-refractivity contribution in [3.05, 3.63) is 36.2 Å². The normalized spacial score (nSPS) is 21.2. The zero-order chi connectivity index (χ0) is 23.7. The third-order valence-corrected chi connectivity index (χ3v) is 6.49. The molecule has 3 N–H and O–H groups in total. The fraction of sp³-hybridized carbons (Fsp3) is 0.478. The Balaban J connectivity index is 1.53. The van der Waals surface area contributed by atoms with Gasteiger partial charge in [-0.05, 0) is 37.8 Å². The molecule has 0 atom stereocenters. The molecule has 0 unspecified atom stereocenters. The first-order valence-electron chi connectivity index (χ1n) is 11.5. The standard InChI is InChI=1S/C23H27F2N7O2/c24-20(25)22-28-16-3-1-2-4-17(16)32(22)19-13-18(27-15-7-5-14(6-8-15)21(26)33)29-23(30-19)31-9-11-34-12-10-31/h1-4,13-15,20H,5-12H2,(H2,26,33)(H,27,29,30)/t14-,15-. The van der Waals surface area contributed by atoms with Crippen LogP contribution >= 0.6 is 0 Å². The number of nitrogens with zero attached hydrogens (tertiary/aromatic N) is 5. The molecule has 5 rings (SSSR count). The van der Waals surface area contributed by atoms with Crippen LogP contribution in [0.2, 0.25) is 0 Å². The van der Waals surface area contributed by atoms with Gasteiger partial charge < -0.3 is 20.7 Å². The number of hydrogen-bond acceptors (Lipinski definition) is 7. The minimum Gasteiger partial charge on any atom is -0.378 e. The zero-order valence-electron chi connectivity index (χ0n) is 18.7. The lowest BCUT2D eigenvalue weighted by Gasteiger charge is -2.30. The molecule has 2 aromatic heterocycles. The highest BCUT2D eigenvalue weighted by molar-refractivity contribution is 5.78. The van der Waals surface area contributed by atoms with Crippen molar-refractivity contribution in [2.45, 2.75) is 38.2 Å². The Hall–Kier alpha value is -3.34. The lowest BCUT2D eigenvalue weighted by atomic mass is 9.85. The molecule has 2 aliphatic rings. The number of fused-ring (bicyclic) bond motifs is 1. The maximum absolute atomic E-state index is 14.0. The van der Waals surface area contributed by atoms with E-state index in [1.54, 1.807) is 30.3 Å². The van der Waals surface area contributed by atoms with Crippen molar-refractivity contribution in [3.63, 3.8) is 0 Å². The van der Waals surface area contributed by atoms with Gasteiger partial charge >= 0.3 is 0 Å². The number of amides is 1. The molecule has 1 aliphatic carbocycles. The van der Waals surface area contributed by atoms with Crippen LogP contribution in [0.4, 0.5) is 20.5 Å². The van der Waals surface area contributed by atoms with E-state index >= 15 is 0 Å². The number of aromatic nitrogens is 4. The van der Waals surface area contributed by atoms with E-state index in [4.69, 9.17) is 15.5 Å². The Morgan fingerprint density at radius 1 is 1.09 bits per heavy atom. The van der Waals surface area contributed by atoms with Crippen LogP contribution in [0.5, 0.6) is 0 Å². The van der Waals surface area contributed by atoms with Crippen LogP contribution in [-0.2, 0) is 9.53 Å². The Labute approximate surface area is 195 Å². The number of para-hydroxylation sites is 2. The van der Waals surface area contributed by atoms with E-state index in [1.165, 1.54) is 4.57 Å². The summed E-state index contributed by atoms with van der Waals surface area (Å²) in [5.41, 5.74) is 6.49. The highest BCUT2D eigenvalue weighted by atomic mass is 19.3. The Morgan fingerprint density at radius 3 is 2.53 bits per heavy atom. The van der Waals surface area contributed by atoms with Crippen molar-refractivity contribution in [2.24, 2.45) is 11.7 Å². The molecule has 3 heterocycles. The van der Waals surface area contributed by atoms with E-state index in [2.05, 4.69) is 15.3 Å². The monoisotopic (exact) mass is 471 g/mol. The molecule has 1 aromatic carbocycles. The van der Waals surface area contributed by atoms with Gasteiger partial charge in [-0.15, -0.1) is 0 Å². The summed E-state index contributed by atoms with van der Waals surface area (Å²) < 4.78 is 34.8. The van der Waals surface area contributed by atoms with Crippen molar-refractivity contribution >= 4 is 28.7 Å². The van der Waals surface area contributed by atoms with E-state index in [0.29, 0.717) is 67.8 Å². The van der Waals surface area contributed by atoms with Gasteiger partial charge in [0.05, 0.1) is 24.2 Å². The molecule has 1 amide bonds. The van der Waals surface area contributed by atoms with Crippen LogP contribution in [-0.4, -0.2) is 57.8 Å². The Bertz CT molecular complexity index is 1170. The Kier molecular flexibility index (Phi) is 6.27. The molecule has 11 heteroatoms. The molecule has 9 nitrogen and oxygen atoms in total. The van der Waals surface area contributed by atoms with Gasteiger partial charge in [-0.2, -0.15) is 9.97 Å². The first-order valence-corrected chi connectivity index (χ1v) is 11.5. The van der Waals surface area contributed by atoms with Crippen LogP contribution in [0.3, 0.4) is 0 Å². The molecule has 1 aliphatic heterocycles. The average molecular weight is 472 g/mol. The van der Waals surface area contributed by atoms with Gasteiger partial charge in [0.2, 0.25) is 11.9 Å². The highest BCUT2D eigenvalue weighted by Gasteiger charge is 2.27. The third-order valence-electron chi connectivity index (χ3n) is 6.49. The lowest BCUT2D eigenvalue weighted by molar-refractivity contribution is -0.122. The number of rotatable bonds is 6. The van der Waals surface area contributed by atoms with Gasteiger partial charge in [-0.3, -0.25) is 9.36 Å². The van der Waals surface area contributed by atoms with Gasteiger partial charge in [0.15, 0.2) is 5.82 Å². The van der Waals surface area contributed by atoms with E-state index in [-0.39, 0.29) is 23.7 Å². The summed E-state index contributed by atoms with van der Waals surface area (Å²) in [5.74, 6) is 0.603. The number of halogens is 2. The second-order valence-electron chi connectivity index (χ2n) is 8.70. The molecule has 180 valence electrons. The number of hydrogen-bond donors (Lipinski definition) is 2. The number of morpholine rings is 1. The molecule has 1 saturated carbocycles. The van der Waals surface area contributed by atoms with E-state index in [1.807, 2.05) is 4.90 Å². The number of nitrogens with one attached hydrogen (secondary N) is 1. The molecule has 0 spiro atoms. The smallest absolute Gasteiger partial charge is 0.296 e. The number of ether oxygens (including phenoxy) is 1. The Morgan fingerprint density at radius 2 is 1.82 bits per heavy atom. The summed E-state index contributed by atoms with van der Waals surface area (Å²) in [6, 6.07) is 8.80. The maximum atomic E-state index is 14.0. The van der Waals surface area contributed by atoms with E-state index in [9.17, 15) is 13.6 Å². The lowest BCUT2D eigenvalue weighted by Crippen LogP contribution is -2.38. The van der Waals surface area contributed by atoms with Crippen LogP contribution in [0.15, 0.2) is 30.3 Å². The number of nitrogens with two attached hydrogens (primary N) is 1. The molecule has 1 saturated heterocycles. The third kappa shape index (κ3) is 4.52. The number of anilines is 2. The summed E-state index contributed by atoms with van der Waals surface area (Å²) in [7, 11) is 0. The summed E-state index contributed by atoms with van der Waals surface area (Å²) in [4.78, 5) is 27.0. The average Bonchev–Trinajstić information content (AvgIpc) is 3.25. The van der Waals surface area contributed by atoms with Crippen LogP contribution in [0.25, 0.3) is 16.9 Å². The summed E-state index contributed by atoms with van der Waals surface area (Å²) in [6.07, 6.45) is 0.202. The SMILES string of the molecule is NC(=O)[C@H]1CC[C@H](Nc2cc(-n3c(C(F)F)nc4ccccc43)nc(N3CCOCC3)n2)CC1. The second-order valence-corrected chi connectivity index (χ2v) is 8.70. The number of carbonyl (C=O) groups excluding carboxylic acids is 1. The summed E-state index contributed by atoms with van der Waals surface area (Å²) in [5, 5.41) is 3.44. The first-order chi connectivity index (χ1) is 16.5. The molecular formula is C23H27F2N7O2. The van der Waals surface area contributed by atoms with Gasteiger partial charge in [0, 0.05) is 31.1 Å². The number of alkyl halides is 2. The van der Waals surface area contributed by atoms with Gasteiger partial charge in [0.25, 0.3) is 6.43 Å². The van der Waals surface area contributed by atoms with Crippen molar-refractivity contribution in [3.8, 4) is 5.82 Å². The topological polar surface area (TPSA) is 111 Å². The number of imidazole rings is 1. The van der Waals surface area contributed by atoms with Crippen molar-refractivity contribution in [1.29, 1.82) is 0 Å². The maximum Gasteiger partial charge on any atom is 0.296 e. The van der Waals surface area contributed by atoms with Crippen molar-refractivity contribution in [2.75, 3.05) is 36.5 Å². The minimum absolute atomic E-state index is 0.102. The molecule has 0 bridgehead atoms. The van der Waals surface area contributed by atoms with Gasteiger partial charge in [-0.1, -0.05) is 12.1 Å². The first kappa shape index (κ1) is 22.5. The van der Waals surface area contributed by atoms with Gasteiger partial charge in [0.1, 0.15) is 11.6 Å². The van der Waals surface area contributed by atoms with E-state index in [0.717, 1.165) is 12.8 Å². The molecule has 2 fully saturated rings. The van der Waals surface area contributed by atoms with E-state index < -0.39 is 6.43 Å². The quantitative estimate of drug-likeness (QED) is 0.568. The number of carbonyl (C=O) groups is 1. The number of primary amides is 1. The fourth-order valence-corrected chi connectivity index (χ4v) is 4.68. The highest BCUT2D eigenvalue weighted by Crippen LogP contribution is 2.30. The predicted octanol–water partition coefficient (Wildman–Crippen LogP) is 3.05. The summed E-state index contributed by atoms with van der Waals surface area (Å²) in [6.45, 7) is 2.31. The van der Waals surface area contributed by atoms with Crippen LogP contribution in [0.1, 0.15) is 37.9 Å². The summed E-state index contributed by atoms with van der Waals surface area (Å²) >= 11 is 0. The molecule has 34 heavy (non-hydrogen) atoms. The molecule has 0 radical (unpaired) electrons.